The number of nitrogens with one attached hydrogen (secondary N) is 1. The van der Waals surface area contributed by atoms with Crippen molar-refractivity contribution in [2.75, 3.05) is 19.8 Å². The zero-order chi connectivity index (χ0) is 10.7. The number of rotatable bonds is 3. The van der Waals surface area contributed by atoms with E-state index in [4.69, 9.17) is 9.47 Å². The fourth-order valence-corrected chi connectivity index (χ4v) is 2.24. The minimum atomic E-state index is -0.0667. The highest BCUT2D eigenvalue weighted by Gasteiger charge is 2.31. The molecule has 2 aliphatic rings. The van der Waals surface area contributed by atoms with Crippen LogP contribution in [0.2, 0.25) is 0 Å². The Morgan fingerprint density at radius 2 is 2.40 bits per heavy atom. The first-order chi connectivity index (χ1) is 7.27. The Labute approximate surface area is 90.3 Å². The zero-order valence-corrected chi connectivity index (χ0v) is 9.20. The Bertz CT molecular complexity index is 226. The third-order valence-corrected chi connectivity index (χ3v) is 3.26. The Morgan fingerprint density at radius 3 is 3.00 bits per heavy atom. The van der Waals surface area contributed by atoms with Gasteiger partial charge >= 0.3 is 5.97 Å². The highest BCUT2D eigenvalue weighted by atomic mass is 16.6. The summed E-state index contributed by atoms with van der Waals surface area (Å²) in [6.45, 7) is 4.19. The average Bonchev–Trinajstić information content (AvgIpc) is 2.84. The van der Waals surface area contributed by atoms with Crippen molar-refractivity contribution < 1.29 is 14.3 Å². The molecule has 15 heavy (non-hydrogen) atoms. The van der Waals surface area contributed by atoms with Gasteiger partial charge in [0.15, 0.2) is 0 Å². The van der Waals surface area contributed by atoms with Crippen molar-refractivity contribution >= 4 is 5.97 Å². The summed E-state index contributed by atoms with van der Waals surface area (Å²) in [5.74, 6) is -0.0330. The van der Waals surface area contributed by atoms with Gasteiger partial charge in [-0.1, -0.05) is 0 Å². The lowest BCUT2D eigenvalue weighted by atomic mass is 10.0. The van der Waals surface area contributed by atoms with E-state index in [0.717, 1.165) is 32.4 Å². The number of hydrogen-bond acceptors (Lipinski definition) is 4. The SMILES string of the molecule is CC1NCCC1C(=O)OCC1CCCO1. The number of carbonyl (C=O) groups excluding carboxylic acids is 1. The number of ether oxygens (including phenoxy) is 2. The van der Waals surface area contributed by atoms with Gasteiger partial charge in [0.2, 0.25) is 0 Å². The lowest BCUT2D eigenvalue weighted by molar-refractivity contribution is -0.151. The van der Waals surface area contributed by atoms with Crippen molar-refractivity contribution in [3.8, 4) is 0 Å². The third-order valence-electron chi connectivity index (χ3n) is 3.26. The molecule has 0 spiro atoms. The largest absolute Gasteiger partial charge is 0.463 e. The molecule has 0 saturated carbocycles. The van der Waals surface area contributed by atoms with E-state index in [-0.39, 0.29) is 24.0 Å². The van der Waals surface area contributed by atoms with E-state index in [1.54, 1.807) is 0 Å². The van der Waals surface area contributed by atoms with Gasteiger partial charge in [-0.3, -0.25) is 4.79 Å². The van der Waals surface area contributed by atoms with E-state index in [0.29, 0.717) is 6.61 Å². The van der Waals surface area contributed by atoms with E-state index in [1.165, 1.54) is 0 Å². The topological polar surface area (TPSA) is 47.6 Å². The molecule has 2 saturated heterocycles. The molecule has 0 aromatic rings. The predicted octanol–water partition coefficient (Wildman–Crippen LogP) is 0.707. The molecular weight excluding hydrogens is 194 g/mol. The molecule has 4 heteroatoms. The molecule has 2 fully saturated rings. The van der Waals surface area contributed by atoms with E-state index in [1.807, 2.05) is 6.92 Å². The van der Waals surface area contributed by atoms with Crippen molar-refractivity contribution in [1.29, 1.82) is 0 Å². The van der Waals surface area contributed by atoms with Crippen LogP contribution in [0.15, 0.2) is 0 Å². The standard InChI is InChI=1S/C11H19NO3/c1-8-10(4-5-12-8)11(13)15-7-9-3-2-6-14-9/h8-10,12H,2-7H2,1H3. The first-order valence-corrected chi connectivity index (χ1v) is 5.79. The molecule has 3 unspecified atom stereocenters. The molecule has 0 aromatic carbocycles. The van der Waals surface area contributed by atoms with Gasteiger partial charge in [-0.05, 0) is 32.7 Å². The van der Waals surface area contributed by atoms with Crippen LogP contribution < -0.4 is 5.32 Å². The fourth-order valence-electron chi connectivity index (χ4n) is 2.24. The molecule has 0 aromatic heterocycles. The molecule has 0 bridgehead atoms. The minimum Gasteiger partial charge on any atom is -0.463 e. The fraction of sp³-hybridized carbons (Fsp3) is 0.909. The van der Waals surface area contributed by atoms with Gasteiger partial charge in [0.25, 0.3) is 0 Å². The summed E-state index contributed by atoms with van der Waals surface area (Å²) in [6.07, 6.45) is 3.14. The van der Waals surface area contributed by atoms with Gasteiger partial charge in [0.05, 0.1) is 12.0 Å². The van der Waals surface area contributed by atoms with Crippen LogP contribution in [0, 0.1) is 5.92 Å². The van der Waals surface area contributed by atoms with Gasteiger partial charge in [-0.15, -0.1) is 0 Å². The normalized spacial score (nSPS) is 35.7. The average molecular weight is 213 g/mol. The van der Waals surface area contributed by atoms with Crippen LogP contribution in [0.25, 0.3) is 0 Å². The van der Waals surface area contributed by atoms with Crippen LogP contribution in [-0.4, -0.2) is 37.9 Å². The van der Waals surface area contributed by atoms with Crippen molar-refractivity contribution in [1.82, 2.24) is 5.32 Å². The summed E-state index contributed by atoms with van der Waals surface area (Å²) in [4.78, 5) is 11.7. The molecule has 2 aliphatic heterocycles. The molecule has 1 N–H and O–H groups in total. The maximum absolute atomic E-state index is 11.7. The second kappa shape index (κ2) is 4.94. The van der Waals surface area contributed by atoms with Gasteiger partial charge in [0.1, 0.15) is 6.61 Å². The van der Waals surface area contributed by atoms with E-state index < -0.39 is 0 Å². The smallest absolute Gasteiger partial charge is 0.310 e. The van der Waals surface area contributed by atoms with Gasteiger partial charge < -0.3 is 14.8 Å². The quantitative estimate of drug-likeness (QED) is 0.701. The van der Waals surface area contributed by atoms with Crippen LogP contribution in [0.4, 0.5) is 0 Å². The lowest BCUT2D eigenvalue weighted by Gasteiger charge is -2.16. The number of carbonyl (C=O) groups is 1. The highest BCUT2D eigenvalue weighted by Crippen LogP contribution is 2.18. The zero-order valence-electron chi connectivity index (χ0n) is 9.20. The van der Waals surface area contributed by atoms with Crippen LogP contribution in [0.5, 0.6) is 0 Å². The van der Waals surface area contributed by atoms with Crippen molar-refractivity contribution in [3.63, 3.8) is 0 Å². The summed E-state index contributed by atoms with van der Waals surface area (Å²) >= 11 is 0. The van der Waals surface area contributed by atoms with Gasteiger partial charge in [0, 0.05) is 12.6 Å². The monoisotopic (exact) mass is 213 g/mol. The van der Waals surface area contributed by atoms with Crippen LogP contribution in [0.1, 0.15) is 26.2 Å². The van der Waals surface area contributed by atoms with Crippen molar-refractivity contribution in [3.05, 3.63) is 0 Å². The van der Waals surface area contributed by atoms with E-state index >= 15 is 0 Å². The van der Waals surface area contributed by atoms with E-state index in [2.05, 4.69) is 5.32 Å². The summed E-state index contributed by atoms with van der Waals surface area (Å²) < 4.78 is 10.7. The third kappa shape index (κ3) is 2.69. The number of hydrogen-bond donors (Lipinski definition) is 1. The molecule has 4 nitrogen and oxygen atoms in total. The highest BCUT2D eigenvalue weighted by molar-refractivity contribution is 5.73. The Kier molecular flexibility index (Phi) is 3.59. The summed E-state index contributed by atoms with van der Waals surface area (Å²) in [7, 11) is 0. The molecule has 2 rings (SSSR count). The molecule has 3 atom stereocenters. The maximum atomic E-state index is 11.7. The minimum absolute atomic E-state index is 0.0337. The van der Waals surface area contributed by atoms with Gasteiger partial charge in [-0.2, -0.15) is 0 Å². The Hall–Kier alpha value is -0.610. The van der Waals surface area contributed by atoms with Crippen molar-refractivity contribution in [2.24, 2.45) is 5.92 Å². The summed E-state index contributed by atoms with van der Waals surface area (Å²) in [6, 6.07) is 0.252. The Morgan fingerprint density at radius 1 is 1.53 bits per heavy atom. The lowest BCUT2D eigenvalue weighted by Crippen LogP contribution is -2.31. The molecule has 0 radical (unpaired) electrons. The molecule has 0 aliphatic carbocycles. The second-order valence-corrected chi connectivity index (χ2v) is 4.40. The molecule has 2 heterocycles. The Balaban J connectivity index is 1.71. The molecule has 0 amide bonds. The first kappa shape index (κ1) is 10.9. The van der Waals surface area contributed by atoms with E-state index in [9.17, 15) is 4.79 Å². The predicted molar refractivity (Wildman–Crippen MR) is 55.5 cm³/mol. The number of esters is 1. The summed E-state index contributed by atoms with van der Waals surface area (Å²) in [5, 5.41) is 3.25. The second-order valence-electron chi connectivity index (χ2n) is 4.40. The van der Waals surface area contributed by atoms with Crippen molar-refractivity contribution in [2.45, 2.75) is 38.3 Å². The van der Waals surface area contributed by atoms with Crippen LogP contribution in [0.3, 0.4) is 0 Å². The molecular formula is C11H19NO3. The maximum Gasteiger partial charge on any atom is 0.310 e. The van der Waals surface area contributed by atoms with Gasteiger partial charge in [-0.25, -0.2) is 0 Å². The van der Waals surface area contributed by atoms with Crippen LogP contribution in [-0.2, 0) is 14.3 Å². The summed E-state index contributed by atoms with van der Waals surface area (Å²) in [5.41, 5.74) is 0. The van der Waals surface area contributed by atoms with Crippen LogP contribution >= 0.6 is 0 Å². The first-order valence-electron chi connectivity index (χ1n) is 5.79. The molecule has 86 valence electrons.